The van der Waals surface area contributed by atoms with Gasteiger partial charge in [0, 0.05) is 33.2 Å². The molecule has 94 valence electrons. The van der Waals surface area contributed by atoms with Crippen LogP contribution < -0.4 is 0 Å². The van der Waals surface area contributed by atoms with Crippen molar-refractivity contribution in [1.29, 1.82) is 0 Å². The van der Waals surface area contributed by atoms with Crippen molar-refractivity contribution in [2.75, 3.05) is 18.5 Å². The van der Waals surface area contributed by atoms with Crippen LogP contribution in [-0.2, 0) is 11.0 Å². The molecule has 2 rings (SSSR count). The maximum atomic E-state index is 12.6. The summed E-state index contributed by atoms with van der Waals surface area (Å²) < 4.78 is 12.6. The van der Waals surface area contributed by atoms with Crippen LogP contribution in [0.5, 0.6) is 0 Å². The summed E-state index contributed by atoms with van der Waals surface area (Å²) in [6, 6.07) is 7.81. The molecular weight excluding hydrogens is 386 g/mol. The van der Waals surface area contributed by atoms with Crippen LogP contribution in [0.1, 0.15) is 5.56 Å². The normalized spacial score (nSPS) is 32.9. The van der Waals surface area contributed by atoms with Crippen molar-refractivity contribution in [2.45, 2.75) is 16.1 Å². The van der Waals surface area contributed by atoms with Crippen LogP contribution in [-0.4, -0.2) is 28.1 Å². The molecule has 1 saturated heterocycles. The third-order valence-corrected chi connectivity index (χ3v) is 10.2. The van der Waals surface area contributed by atoms with Crippen molar-refractivity contribution < 1.29 is 4.57 Å². The maximum Gasteiger partial charge on any atom is 0.0903 e. The molecule has 1 aliphatic rings. The Morgan fingerprint density at radius 2 is 1.71 bits per heavy atom. The summed E-state index contributed by atoms with van der Waals surface area (Å²) in [5.74, 6) is 0. The van der Waals surface area contributed by atoms with Gasteiger partial charge in [0.15, 0.2) is 0 Å². The molecule has 1 aromatic carbocycles. The quantitative estimate of drug-likeness (QED) is 0.527. The lowest BCUT2D eigenvalue weighted by molar-refractivity contribution is 0.578. The zero-order valence-corrected chi connectivity index (χ0v) is 14.1. The van der Waals surface area contributed by atoms with E-state index in [2.05, 4.69) is 31.9 Å². The van der Waals surface area contributed by atoms with Gasteiger partial charge in [0.1, 0.15) is 0 Å². The zero-order chi connectivity index (χ0) is 12.5. The number of benzene rings is 1. The van der Waals surface area contributed by atoms with E-state index in [1.807, 2.05) is 24.3 Å². The van der Waals surface area contributed by atoms with Crippen molar-refractivity contribution >= 4 is 50.6 Å². The minimum atomic E-state index is -1.99. The van der Waals surface area contributed by atoms with E-state index in [4.69, 9.17) is 11.6 Å². The van der Waals surface area contributed by atoms with E-state index >= 15 is 0 Å². The van der Waals surface area contributed by atoms with Crippen LogP contribution in [0.3, 0.4) is 0 Å². The average molecular weight is 400 g/mol. The number of rotatable bonds is 3. The van der Waals surface area contributed by atoms with Crippen molar-refractivity contribution in [1.82, 2.24) is 0 Å². The summed E-state index contributed by atoms with van der Waals surface area (Å²) >= 11 is 13.0. The van der Waals surface area contributed by atoms with Gasteiger partial charge >= 0.3 is 0 Å². The number of hydrogen-bond donors (Lipinski definition) is 0. The van der Waals surface area contributed by atoms with Crippen LogP contribution >= 0.6 is 50.6 Å². The van der Waals surface area contributed by atoms with Crippen LogP contribution in [0.25, 0.3) is 0 Å². The first kappa shape index (κ1) is 14.1. The first-order valence-corrected chi connectivity index (χ1v) is 10.1. The van der Waals surface area contributed by atoms with Crippen LogP contribution in [0, 0.1) is 0 Å². The minimum absolute atomic E-state index is 0.360. The highest BCUT2D eigenvalue weighted by Crippen LogP contribution is 2.55. The molecule has 0 N–H and O–H groups in total. The van der Waals surface area contributed by atoms with Crippen molar-refractivity contribution in [2.24, 2.45) is 0 Å². The Bertz CT molecular complexity index is 421. The standard InChI is InChI=1S/C12H14Br2ClOP/c13-11-7-17(16,8-12(11)14)6-5-9-1-3-10(15)4-2-9/h1-4,11-12H,5-8H2. The number of hydrogen-bond acceptors (Lipinski definition) is 1. The lowest BCUT2D eigenvalue weighted by Gasteiger charge is -2.10. The SMILES string of the molecule is O=P1(CCc2ccc(Cl)cc2)CC(Br)C(Br)C1. The van der Waals surface area contributed by atoms with Crippen LogP contribution in [0.4, 0.5) is 0 Å². The summed E-state index contributed by atoms with van der Waals surface area (Å²) in [6.45, 7) is 0. The molecule has 0 aliphatic carbocycles. The fraction of sp³-hybridized carbons (Fsp3) is 0.500. The molecule has 0 radical (unpaired) electrons. The topological polar surface area (TPSA) is 17.1 Å². The van der Waals surface area contributed by atoms with E-state index in [9.17, 15) is 4.57 Å². The smallest absolute Gasteiger partial charge is 0.0903 e. The van der Waals surface area contributed by atoms with Gasteiger partial charge in [0.25, 0.3) is 0 Å². The highest BCUT2D eigenvalue weighted by atomic mass is 79.9. The Balaban J connectivity index is 1.94. The van der Waals surface area contributed by atoms with Crippen LogP contribution in [0.15, 0.2) is 24.3 Å². The summed E-state index contributed by atoms with van der Waals surface area (Å²) in [7, 11) is -1.99. The van der Waals surface area contributed by atoms with Gasteiger partial charge in [-0.05, 0) is 24.1 Å². The second-order valence-corrected chi connectivity index (χ2v) is 10.6. The molecule has 1 aromatic rings. The highest BCUT2D eigenvalue weighted by molar-refractivity contribution is 9.12. The predicted octanol–water partition coefficient (Wildman–Crippen LogP) is 4.79. The first-order chi connectivity index (χ1) is 7.98. The molecule has 0 bridgehead atoms. The Hall–Kier alpha value is 0.700. The summed E-state index contributed by atoms with van der Waals surface area (Å²) in [5, 5.41) is 0.752. The first-order valence-electron chi connectivity index (χ1n) is 5.58. The van der Waals surface area contributed by atoms with E-state index in [1.165, 1.54) is 5.56 Å². The maximum absolute atomic E-state index is 12.6. The molecule has 0 aromatic heterocycles. The fourth-order valence-electron chi connectivity index (χ4n) is 2.11. The van der Waals surface area contributed by atoms with Crippen molar-refractivity contribution in [3.63, 3.8) is 0 Å². The molecule has 1 nitrogen and oxygen atoms in total. The molecular formula is C12H14Br2ClOP. The predicted molar refractivity (Wildman–Crippen MR) is 82.8 cm³/mol. The third-order valence-electron chi connectivity index (χ3n) is 3.13. The molecule has 5 heteroatoms. The molecule has 1 fully saturated rings. The number of alkyl halides is 2. The van der Waals surface area contributed by atoms with E-state index < -0.39 is 7.14 Å². The monoisotopic (exact) mass is 398 g/mol. The van der Waals surface area contributed by atoms with Gasteiger partial charge in [0.2, 0.25) is 0 Å². The van der Waals surface area contributed by atoms with Gasteiger partial charge in [-0.15, -0.1) is 0 Å². The highest BCUT2D eigenvalue weighted by Gasteiger charge is 2.38. The second-order valence-electron chi connectivity index (χ2n) is 4.56. The molecule has 2 unspecified atom stereocenters. The number of halogens is 3. The lowest BCUT2D eigenvalue weighted by Crippen LogP contribution is -2.08. The van der Waals surface area contributed by atoms with Gasteiger partial charge in [-0.1, -0.05) is 55.6 Å². The molecule has 17 heavy (non-hydrogen) atoms. The second kappa shape index (κ2) is 5.77. The molecule has 1 aliphatic heterocycles. The molecule has 2 atom stereocenters. The fourth-order valence-corrected chi connectivity index (χ4v) is 9.31. The van der Waals surface area contributed by atoms with Crippen molar-refractivity contribution in [3.05, 3.63) is 34.9 Å². The van der Waals surface area contributed by atoms with Crippen molar-refractivity contribution in [3.8, 4) is 0 Å². The zero-order valence-electron chi connectivity index (χ0n) is 9.28. The lowest BCUT2D eigenvalue weighted by atomic mass is 10.2. The summed E-state index contributed by atoms with van der Waals surface area (Å²) in [5.41, 5.74) is 1.22. The Labute approximate surface area is 124 Å². The van der Waals surface area contributed by atoms with Gasteiger partial charge in [-0.25, -0.2) is 0 Å². The van der Waals surface area contributed by atoms with Gasteiger partial charge in [0.05, 0.1) is 7.14 Å². The molecule has 0 spiro atoms. The van der Waals surface area contributed by atoms with Gasteiger partial charge in [-0.2, -0.15) is 0 Å². The summed E-state index contributed by atoms with van der Waals surface area (Å²) in [6.07, 6.45) is 3.32. The summed E-state index contributed by atoms with van der Waals surface area (Å²) in [4.78, 5) is 0.720. The molecule has 1 heterocycles. The number of aryl methyl sites for hydroxylation is 1. The Kier molecular flexibility index (Phi) is 4.79. The van der Waals surface area contributed by atoms with Gasteiger partial charge in [-0.3, -0.25) is 0 Å². The van der Waals surface area contributed by atoms with E-state index in [0.717, 1.165) is 29.9 Å². The minimum Gasteiger partial charge on any atom is -0.323 e. The van der Waals surface area contributed by atoms with E-state index in [0.29, 0.717) is 9.65 Å². The van der Waals surface area contributed by atoms with E-state index in [-0.39, 0.29) is 0 Å². The molecule has 0 amide bonds. The van der Waals surface area contributed by atoms with Gasteiger partial charge < -0.3 is 4.57 Å². The van der Waals surface area contributed by atoms with Crippen LogP contribution in [0.2, 0.25) is 5.02 Å². The Morgan fingerprint density at radius 3 is 2.24 bits per heavy atom. The Morgan fingerprint density at radius 1 is 1.18 bits per heavy atom. The third kappa shape index (κ3) is 3.83. The molecule has 0 saturated carbocycles. The van der Waals surface area contributed by atoms with E-state index in [1.54, 1.807) is 0 Å². The largest absolute Gasteiger partial charge is 0.323 e. The average Bonchev–Trinajstić information content (AvgIpc) is 2.53.